The van der Waals surface area contributed by atoms with Crippen LogP contribution < -0.4 is 5.73 Å². The maximum atomic E-state index is 14.9. The van der Waals surface area contributed by atoms with Gasteiger partial charge in [-0.1, -0.05) is 26.0 Å². The van der Waals surface area contributed by atoms with Crippen LogP contribution >= 0.6 is 0 Å². The molecule has 1 aliphatic heterocycles. The largest absolute Gasteiger partial charge is 0.463 e. The maximum absolute atomic E-state index is 14.9. The van der Waals surface area contributed by atoms with E-state index in [4.69, 9.17) is 14.9 Å². The first-order chi connectivity index (χ1) is 20.0. The van der Waals surface area contributed by atoms with Crippen LogP contribution in [0.2, 0.25) is 0 Å². The van der Waals surface area contributed by atoms with Crippen LogP contribution in [-0.2, 0) is 15.5 Å². The molecule has 1 saturated carbocycles. The van der Waals surface area contributed by atoms with Crippen molar-refractivity contribution in [3.8, 4) is 17.3 Å². The normalized spacial score (nSPS) is 23.6. The van der Waals surface area contributed by atoms with Crippen LogP contribution in [0.25, 0.3) is 11.3 Å². The van der Waals surface area contributed by atoms with E-state index in [0.29, 0.717) is 26.3 Å². The van der Waals surface area contributed by atoms with E-state index in [1.54, 1.807) is 0 Å². The van der Waals surface area contributed by atoms with Gasteiger partial charge in [-0.05, 0) is 24.5 Å². The number of halogens is 7. The average Bonchev–Trinajstić information content (AvgIpc) is 3.38. The molecule has 2 unspecified atom stereocenters. The van der Waals surface area contributed by atoms with E-state index in [9.17, 15) is 45.6 Å². The molecule has 0 radical (unpaired) electrons. The highest BCUT2D eigenvalue weighted by Gasteiger charge is 2.65. The zero-order chi connectivity index (χ0) is 32.0. The summed E-state index contributed by atoms with van der Waals surface area (Å²) in [5.41, 5.74) is 2.77. The molecule has 2 amide bonds. The Morgan fingerprint density at radius 3 is 2.23 bits per heavy atom. The third-order valence-electron chi connectivity index (χ3n) is 8.09. The number of rotatable bonds is 7. The van der Waals surface area contributed by atoms with Gasteiger partial charge in [0.1, 0.15) is 11.5 Å². The molecule has 4 rings (SSSR count). The fourth-order valence-corrected chi connectivity index (χ4v) is 5.97. The third kappa shape index (κ3) is 5.81. The van der Waals surface area contributed by atoms with Crippen LogP contribution in [0.5, 0.6) is 0 Å². The molecule has 2 aliphatic rings. The van der Waals surface area contributed by atoms with E-state index in [-0.39, 0.29) is 17.0 Å². The molecule has 1 aromatic heterocycles. The second-order valence-corrected chi connectivity index (χ2v) is 11.2. The first-order valence-electron chi connectivity index (χ1n) is 13.5. The van der Waals surface area contributed by atoms with Gasteiger partial charge in [-0.2, -0.15) is 27.2 Å². The molecule has 0 spiro atoms. The Labute approximate surface area is 242 Å². The number of oxazole rings is 1. The van der Waals surface area contributed by atoms with E-state index < -0.39 is 83.7 Å². The minimum absolute atomic E-state index is 0.0877. The van der Waals surface area contributed by atoms with Crippen molar-refractivity contribution in [2.45, 2.75) is 57.0 Å². The van der Waals surface area contributed by atoms with E-state index in [0.717, 1.165) is 0 Å². The van der Waals surface area contributed by atoms with Gasteiger partial charge < -0.3 is 19.8 Å². The van der Waals surface area contributed by atoms with Crippen LogP contribution in [-0.4, -0.2) is 60.1 Å². The molecule has 8 nitrogen and oxygen atoms in total. The van der Waals surface area contributed by atoms with Gasteiger partial charge in [-0.3, -0.25) is 9.59 Å². The lowest BCUT2D eigenvalue weighted by Crippen LogP contribution is -2.54. The van der Waals surface area contributed by atoms with Crippen molar-refractivity contribution >= 4 is 11.8 Å². The van der Waals surface area contributed by atoms with E-state index in [1.807, 2.05) is 6.07 Å². The first kappa shape index (κ1) is 32.2. The summed E-state index contributed by atoms with van der Waals surface area (Å²) in [7, 11) is 0. The third-order valence-corrected chi connectivity index (χ3v) is 8.09. The zero-order valence-electron chi connectivity index (χ0n) is 23.2. The summed E-state index contributed by atoms with van der Waals surface area (Å²) in [4.78, 5) is 30.9. The smallest absolute Gasteiger partial charge is 0.439 e. The van der Waals surface area contributed by atoms with Crippen LogP contribution in [0.1, 0.15) is 61.0 Å². The molecule has 1 aromatic carbocycles. The van der Waals surface area contributed by atoms with Crippen LogP contribution in [0.15, 0.2) is 28.7 Å². The Balaban J connectivity index is 1.90. The number of amides is 2. The van der Waals surface area contributed by atoms with E-state index >= 15 is 0 Å². The number of benzene rings is 1. The van der Waals surface area contributed by atoms with Crippen molar-refractivity contribution in [2.24, 2.45) is 23.0 Å². The lowest BCUT2D eigenvalue weighted by atomic mass is 9.55. The molecule has 15 heteroatoms. The highest BCUT2D eigenvalue weighted by molar-refractivity contribution is 5.94. The first-order valence-corrected chi connectivity index (χ1v) is 13.5. The number of nitriles is 1. The summed E-state index contributed by atoms with van der Waals surface area (Å²) in [6.07, 6.45) is -8.91. The van der Waals surface area contributed by atoms with Crippen molar-refractivity contribution in [1.82, 2.24) is 9.88 Å². The van der Waals surface area contributed by atoms with Crippen LogP contribution in [0, 0.1) is 28.6 Å². The fourth-order valence-electron chi connectivity index (χ4n) is 5.97. The van der Waals surface area contributed by atoms with Crippen molar-refractivity contribution in [1.29, 1.82) is 5.26 Å². The van der Waals surface area contributed by atoms with Gasteiger partial charge >= 0.3 is 12.1 Å². The number of nitrogens with zero attached hydrogens (tertiary/aromatic N) is 3. The van der Waals surface area contributed by atoms with Gasteiger partial charge in [0, 0.05) is 43.0 Å². The molecule has 0 bridgehead atoms. The molecule has 2 N–H and O–H groups in total. The predicted octanol–water partition coefficient (Wildman–Crippen LogP) is 5.64. The number of carbonyl (C=O) groups excluding carboxylic acids is 2. The summed E-state index contributed by atoms with van der Waals surface area (Å²) in [6.45, 7) is 4.23. The number of primary amides is 1. The van der Waals surface area contributed by atoms with Gasteiger partial charge in [0.25, 0.3) is 11.8 Å². The second kappa shape index (κ2) is 11.4. The molecular weight excluding hydrogens is 589 g/mol. The molecular formula is C28H29F7N4O4. The summed E-state index contributed by atoms with van der Waals surface area (Å²) in [6, 6.07) is 6.90. The minimum Gasteiger partial charge on any atom is -0.439 e. The molecule has 1 aliphatic carbocycles. The standard InChI is InChI=1S/C28H29F7N4O4/c1-15(2)19(13-36)26(23(37)41)14-25(29,30)8-7-18(26)21-20(38-24(43-21)27(31,32)28(33,34)35)16-3-5-17(6-4-16)22(40)39-9-11-42-12-10-39/h3-6,15,18-19H,7-12,14H2,1-2H3,(H2,37,41)/t18?,19-,26?/m0/s1. The fraction of sp³-hybridized carbons (Fsp3) is 0.571. The molecule has 1 saturated heterocycles. The summed E-state index contributed by atoms with van der Waals surface area (Å²) < 4.78 is 109. The number of aromatic nitrogens is 1. The van der Waals surface area contributed by atoms with Gasteiger partial charge in [-0.25, -0.2) is 13.8 Å². The SMILES string of the molecule is CC(C)[C@H](C#N)C1(C(N)=O)CC(F)(F)CCC1c1oc(C(F)(F)C(F)(F)F)nc1-c1ccc(C(=O)N2CCOCC2)cc1. The highest BCUT2D eigenvalue weighted by Crippen LogP contribution is 2.59. The number of nitrogens with two attached hydrogens (primary N) is 1. The van der Waals surface area contributed by atoms with Crippen molar-refractivity contribution in [2.75, 3.05) is 26.3 Å². The molecule has 234 valence electrons. The van der Waals surface area contributed by atoms with Crippen molar-refractivity contribution < 1.29 is 49.5 Å². The molecule has 2 heterocycles. The Morgan fingerprint density at radius 1 is 1.12 bits per heavy atom. The molecule has 2 aromatic rings. The number of morpholine rings is 1. The summed E-state index contributed by atoms with van der Waals surface area (Å²) >= 11 is 0. The minimum atomic E-state index is -6.13. The molecule has 2 fully saturated rings. The zero-order valence-corrected chi connectivity index (χ0v) is 23.2. The average molecular weight is 619 g/mol. The Hall–Kier alpha value is -3.67. The number of alkyl halides is 7. The van der Waals surface area contributed by atoms with Gasteiger partial charge in [0.15, 0.2) is 0 Å². The van der Waals surface area contributed by atoms with Gasteiger partial charge in [0.2, 0.25) is 11.8 Å². The molecule has 3 atom stereocenters. The molecule has 43 heavy (non-hydrogen) atoms. The predicted molar refractivity (Wildman–Crippen MR) is 136 cm³/mol. The second-order valence-electron chi connectivity index (χ2n) is 11.2. The Bertz CT molecular complexity index is 1400. The van der Waals surface area contributed by atoms with Crippen molar-refractivity contribution in [3.63, 3.8) is 0 Å². The van der Waals surface area contributed by atoms with Crippen LogP contribution in [0.3, 0.4) is 0 Å². The Kier molecular flexibility index (Phi) is 8.58. The van der Waals surface area contributed by atoms with Gasteiger partial charge in [0.05, 0.1) is 30.6 Å². The number of ether oxygens (including phenoxy) is 1. The number of carbonyl (C=O) groups is 2. The maximum Gasteiger partial charge on any atom is 0.463 e. The monoisotopic (exact) mass is 618 g/mol. The summed E-state index contributed by atoms with van der Waals surface area (Å²) in [5.74, 6) is -17.4. The summed E-state index contributed by atoms with van der Waals surface area (Å²) in [5, 5.41) is 9.95. The highest BCUT2D eigenvalue weighted by atomic mass is 19.4. The number of hydrogen-bond donors (Lipinski definition) is 1. The quantitative estimate of drug-likeness (QED) is 0.401. The topological polar surface area (TPSA) is 122 Å². The lowest BCUT2D eigenvalue weighted by molar-refractivity contribution is -0.297. The van der Waals surface area contributed by atoms with E-state index in [1.165, 1.54) is 43.0 Å². The van der Waals surface area contributed by atoms with Gasteiger partial charge in [-0.15, -0.1) is 0 Å². The Morgan fingerprint density at radius 2 is 1.72 bits per heavy atom. The van der Waals surface area contributed by atoms with Crippen molar-refractivity contribution in [3.05, 3.63) is 41.5 Å². The lowest BCUT2D eigenvalue weighted by Gasteiger charge is -2.47. The van der Waals surface area contributed by atoms with E-state index in [2.05, 4.69) is 4.98 Å². The van der Waals surface area contributed by atoms with Crippen LogP contribution in [0.4, 0.5) is 30.7 Å². The number of hydrogen-bond acceptors (Lipinski definition) is 6.